The van der Waals surface area contributed by atoms with Gasteiger partial charge in [0.15, 0.2) is 0 Å². The molecule has 3 unspecified atom stereocenters. The predicted octanol–water partition coefficient (Wildman–Crippen LogP) is 4.21. The zero-order valence-corrected chi connectivity index (χ0v) is 12.9. The van der Waals surface area contributed by atoms with Crippen molar-refractivity contribution in [3.05, 3.63) is 35.6 Å². The summed E-state index contributed by atoms with van der Waals surface area (Å²) in [6.07, 6.45) is 7.74. The number of ether oxygens (including phenoxy) is 1. The third kappa shape index (κ3) is 4.27. The molecule has 0 saturated heterocycles. The number of nitrogens with one attached hydrogen (secondary N) is 1. The molecule has 3 rings (SSSR count). The van der Waals surface area contributed by atoms with E-state index in [1.807, 2.05) is 6.07 Å². The van der Waals surface area contributed by atoms with E-state index in [2.05, 4.69) is 12.2 Å². The summed E-state index contributed by atoms with van der Waals surface area (Å²) >= 11 is 0. The predicted molar refractivity (Wildman–Crippen MR) is 82.7 cm³/mol. The fourth-order valence-electron chi connectivity index (χ4n) is 3.21. The number of rotatable bonds is 6. The largest absolute Gasteiger partial charge is 0.369 e. The highest BCUT2D eigenvalue weighted by Gasteiger charge is 2.28. The minimum atomic E-state index is -0.177. The van der Waals surface area contributed by atoms with Crippen molar-refractivity contribution in [3.8, 4) is 0 Å². The van der Waals surface area contributed by atoms with E-state index in [0.717, 1.165) is 18.5 Å². The molecule has 2 nitrogen and oxygen atoms in total. The molecule has 3 heteroatoms. The highest BCUT2D eigenvalue weighted by atomic mass is 19.1. The van der Waals surface area contributed by atoms with Gasteiger partial charge in [-0.25, -0.2) is 4.39 Å². The first-order valence-corrected chi connectivity index (χ1v) is 8.36. The van der Waals surface area contributed by atoms with Crippen LogP contribution < -0.4 is 5.32 Å². The Morgan fingerprint density at radius 3 is 2.76 bits per heavy atom. The van der Waals surface area contributed by atoms with Crippen molar-refractivity contribution in [2.75, 3.05) is 6.54 Å². The van der Waals surface area contributed by atoms with Gasteiger partial charge in [0.2, 0.25) is 0 Å². The highest BCUT2D eigenvalue weighted by Crippen LogP contribution is 2.31. The quantitative estimate of drug-likeness (QED) is 0.847. The zero-order chi connectivity index (χ0) is 14.7. The molecule has 0 amide bonds. The van der Waals surface area contributed by atoms with Crippen LogP contribution in [-0.2, 0) is 4.74 Å². The fourth-order valence-corrected chi connectivity index (χ4v) is 3.21. The lowest BCUT2D eigenvalue weighted by molar-refractivity contribution is -0.0566. The van der Waals surface area contributed by atoms with Gasteiger partial charge in [-0.15, -0.1) is 0 Å². The van der Waals surface area contributed by atoms with Gasteiger partial charge in [0, 0.05) is 12.6 Å². The lowest BCUT2D eigenvalue weighted by Crippen LogP contribution is -2.32. The summed E-state index contributed by atoms with van der Waals surface area (Å²) in [6.45, 7) is 3.07. The van der Waals surface area contributed by atoms with E-state index < -0.39 is 0 Å². The minimum Gasteiger partial charge on any atom is -0.369 e. The summed E-state index contributed by atoms with van der Waals surface area (Å²) in [6, 6.07) is 7.52. The Labute approximate surface area is 127 Å². The number of hydrogen-bond acceptors (Lipinski definition) is 2. The Morgan fingerprint density at radius 1 is 1.24 bits per heavy atom. The van der Waals surface area contributed by atoms with Crippen LogP contribution >= 0.6 is 0 Å². The molecule has 21 heavy (non-hydrogen) atoms. The van der Waals surface area contributed by atoms with Crippen molar-refractivity contribution in [1.82, 2.24) is 5.32 Å². The van der Waals surface area contributed by atoms with Gasteiger partial charge < -0.3 is 10.1 Å². The third-order valence-corrected chi connectivity index (χ3v) is 4.76. The molecule has 116 valence electrons. The van der Waals surface area contributed by atoms with Crippen LogP contribution in [0.25, 0.3) is 0 Å². The average molecular weight is 291 g/mol. The maximum Gasteiger partial charge on any atom is 0.123 e. The van der Waals surface area contributed by atoms with E-state index in [4.69, 9.17) is 4.74 Å². The maximum absolute atomic E-state index is 13.5. The Balaban J connectivity index is 1.68. The Bertz CT molecular complexity index is 460. The van der Waals surface area contributed by atoms with E-state index in [1.165, 1.54) is 38.2 Å². The lowest BCUT2D eigenvalue weighted by Gasteiger charge is -2.33. The summed E-state index contributed by atoms with van der Waals surface area (Å²) < 4.78 is 19.9. The molecular weight excluding hydrogens is 265 g/mol. The van der Waals surface area contributed by atoms with Crippen LogP contribution in [0.1, 0.15) is 57.1 Å². The molecule has 0 aliphatic heterocycles. The van der Waals surface area contributed by atoms with Crippen LogP contribution in [0.3, 0.4) is 0 Å². The average Bonchev–Trinajstić information content (AvgIpc) is 3.29. The fraction of sp³-hybridized carbons (Fsp3) is 0.667. The molecular formula is C18H26FNO. The van der Waals surface area contributed by atoms with Gasteiger partial charge in [-0.05, 0) is 49.3 Å². The molecule has 2 saturated carbocycles. The van der Waals surface area contributed by atoms with E-state index >= 15 is 0 Å². The highest BCUT2D eigenvalue weighted by molar-refractivity contribution is 5.19. The molecule has 1 N–H and O–H groups in total. The van der Waals surface area contributed by atoms with Crippen LogP contribution in [0, 0.1) is 11.7 Å². The molecule has 2 aliphatic carbocycles. The Kier molecular flexibility index (Phi) is 4.91. The SMILES string of the molecule is CC1CCCCC1OC(CNC1CC1)c1cccc(F)c1. The number of benzene rings is 1. The minimum absolute atomic E-state index is 0.0353. The molecule has 2 aliphatic rings. The normalized spacial score (nSPS) is 27.5. The summed E-state index contributed by atoms with van der Waals surface area (Å²) in [5.41, 5.74) is 0.959. The number of hydrogen-bond donors (Lipinski definition) is 1. The molecule has 1 aromatic rings. The van der Waals surface area contributed by atoms with Gasteiger partial charge in [0.1, 0.15) is 5.82 Å². The van der Waals surface area contributed by atoms with Crippen molar-refractivity contribution in [1.29, 1.82) is 0 Å². The molecule has 2 fully saturated rings. The third-order valence-electron chi connectivity index (χ3n) is 4.76. The van der Waals surface area contributed by atoms with Gasteiger partial charge in [-0.1, -0.05) is 31.9 Å². The summed E-state index contributed by atoms with van der Waals surface area (Å²) in [5, 5.41) is 3.53. The first-order chi connectivity index (χ1) is 10.2. The van der Waals surface area contributed by atoms with E-state index in [-0.39, 0.29) is 11.9 Å². The van der Waals surface area contributed by atoms with Gasteiger partial charge in [0.05, 0.1) is 12.2 Å². The lowest BCUT2D eigenvalue weighted by atomic mass is 9.87. The van der Waals surface area contributed by atoms with E-state index in [9.17, 15) is 4.39 Å². The molecule has 3 atom stereocenters. The first kappa shape index (κ1) is 15.0. The van der Waals surface area contributed by atoms with Crippen LogP contribution in [0.5, 0.6) is 0 Å². The molecule has 0 heterocycles. The van der Waals surface area contributed by atoms with Crippen LogP contribution in [0.4, 0.5) is 4.39 Å². The molecule has 1 aromatic carbocycles. The Morgan fingerprint density at radius 2 is 2.05 bits per heavy atom. The number of halogens is 1. The van der Waals surface area contributed by atoms with Crippen LogP contribution in [0.2, 0.25) is 0 Å². The second-order valence-corrected chi connectivity index (χ2v) is 6.66. The van der Waals surface area contributed by atoms with Gasteiger partial charge >= 0.3 is 0 Å². The van der Waals surface area contributed by atoms with Crippen LogP contribution in [0.15, 0.2) is 24.3 Å². The zero-order valence-electron chi connectivity index (χ0n) is 12.9. The van der Waals surface area contributed by atoms with Crippen molar-refractivity contribution in [2.45, 2.75) is 63.7 Å². The molecule has 0 radical (unpaired) electrons. The van der Waals surface area contributed by atoms with Crippen molar-refractivity contribution < 1.29 is 9.13 Å². The molecule has 0 bridgehead atoms. The monoisotopic (exact) mass is 291 g/mol. The maximum atomic E-state index is 13.5. The summed E-state index contributed by atoms with van der Waals surface area (Å²) in [7, 11) is 0. The van der Waals surface area contributed by atoms with E-state index in [1.54, 1.807) is 12.1 Å². The molecule has 0 aromatic heterocycles. The Hall–Kier alpha value is -0.930. The topological polar surface area (TPSA) is 21.3 Å². The van der Waals surface area contributed by atoms with Gasteiger partial charge in [0.25, 0.3) is 0 Å². The summed E-state index contributed by atoms with van der Waals surface area (Å²) in [5.74, 6) is 0.431. The van der Waals surface area contributed by atoms with Gasteiger partial charge in [-0.3, -0.25) is 0 Å². The summed E-state index contributed by atoms with van der Waals surface area (Å²) in [4.78, 5) is 0. The van der Waals surface area contributed by atoms with Gasteiger partial charge in [-0.2, -0.15) is 0 Å². The second kappa shape index (κ2) is 6.89. The first-order valence-electron chi connectivity index (χ1n) is 8.36. The van der Waals surface area contributed by atoms with Crippen molar-refractivity contribution in [2.24, 2.45) is 5.92 Å². The second-order valence-electron chi connectivity index (χ2n) is 6.66. The van der Waals surface area contributed by atoms with Crippen molar-refractivity contribution in [3.63, 3.8) is 0 Å². The molecule has 0 spiro atoms. The smallest absolute Gasteiger partial charge is 0.123 e. The van der Waals surface area contributed by atoms with Crippen molar-refractivity contribution >= 4 is 0 Å². The van der Waals surface area contributed by atoms with E-state index in [0.29, 0.717) is 18.1 Å². The standard InChI is InChI=1S/C18H26FNO/c1-13-5-2-3-8-17(13)21-18(12-20-16-9-10-16)14-6-4-7-15(19)11-14/h4,6-7,11,13,16-18,20H,2-3,5,8-10,12H2,1H3. The van der Waals surface area contributed by atoms with Crippen LogP contribution in [-0.4, -0.2) is 18.7 Å².